The molecule has 0 aliphatic heterocycles. The maximum absolute atomic E-state index is 13.7. The molecule has 0 fully saturated rings. The monoisotopic (exact) mass is 268 g/mol. The van der Waals surface area contributed by atoms with Crippen molar-refractivity contribution >= 4 is 11.6 Å². The molecule has 0 heterocycles. The molecule has 1 aromatic rings. The number of hydrogen-bond donors (Lipinski definition) is 1. The first-order chi connectivity index (χ1) is 8.68. The highest BCUT2D eigenvalue weighted by Gasteiger charge is 2.18. The van der Waals surface area contributed by atoms with Crippen LogP contribution >= 0.6 is 11.6 Å². The molecular weight excluding hydrogens is 251 g/mol. The molecule has 1 N–H and O–H groups in total. The van der Waals surface area contributed by atoms with Gasteiger partial charge in [-0.2, -0.15) is 0 Å². The van der Waals surface area contributed by atoms with E-state index in [4.69, 9.17) is 11.6 Å². The number of allylic oxidation sites excluding steroid dienone is 1. The van der Waals surface area contributed by atoms with Gasteiger partial charge in [0.05, 0.1) is 0 Å². The van der Waals surface area contributed by atoms with E-state index in [0.29, 0.717) is 5.02 Å². The number of halogens is 2. The Hall–Kier alpha value is -0.860. The fraction of sp³-hybridized carbons (Fsp3) is 0.467. The third-order valence-corrected chi connectivity index (χ3v) is 3.67. The number of aliphatic hydroxyl groups is 1. The molecule has 0 saturated heterocycles. The summed E-state index contributed by atoms with van der Waals surface area (Å²) in [4.78, 5) is 0. The maximum atomic E-state index is 13.7. The van der Waals surface area contributed by atoms with Crippen molar-refractivity contribution in [3.8, 4) is 0 Å². The molecule has 18 heavy (non-hydrogen) atoms. The summed E-state index contributed by atoms with van der Waals surface area (Å²) in [7, 11) is 0. The van der Waals surface area contributed by atoms with Gasteiger partial charge in [-0.15, -0.1) is 0 Å². The normalized spacial score (nSPS) is 21.6. The molecular formula is C15H18ClFO. The van der Waals surface area contributed by atoms with Gasteiger partial charge < -0.3 is 5.11 Å². The molecule has 1 aliphatic rings. The first-order valence-corrected chi connectivity index (χ1v) is 6.88. The molecule has 1 aromatic carbocycles. The van der Waals surface area contributed by atoms with Crippen molar-refractivity contribution in [2.75, 3.05) is 0 Å². The van der Waals surface area contributed by atoms with Gasteiger partial charge in [-0.1, -0.05) is 30.5 Å². The molecule has 1 unspecified atom stereocenters. The van der Waals surface area contributed by atoms with Crippen molar-refractivity contribution in [2.24, 2.45) is 0 Å². The van der Waals surface area contributed by atoms with Gasteiger partial charge in [-0.05, 0) is 49.5 Å². The van der Waals surface area contributed by atoms with Gasteiger partial charge in [0.25, 0.3) is 0 Å². The van der Waals surface area contributed by atoms with Crippen molar-refractivity contribution < 1.29 is 9.50 Å². The van der Waals surface area contributed by atoms with Crippen LogP contribution in [0.15, 0.2) is 29.8 Å². The first-order valence-electron chi connectivity index (χ1n) is 6.50. The van der Waals surface area contributed by atoms with Crippen LogP contribution in [-0.4, -0.2) is 5.11 Å². The van der Waals surface area contributed by atoms with Gasteiger partial charge in [0, 0.05) is 10.6 Å². The Kier molecular flexibility index (Phi) is 4.79. The second-order valence-corrected chi connectivity index (χ2v) is 5.24. The lowest BCUT2D eigenvalue weighted by Crippen LogP contribution is -2.06. The lowest BCUT2D eigenvalue weighted by molar-refractivity contribution is 0.204. The zero-order chi connectivity index (χ0) is 13.0. The summed E-state index contributed by atoms with van der Waals surface area (Å²) >= 11 is 5.86. The van der Waals surface area contributed by atoms with Gasteiger partial charge in [-0.25, -0.2) is 4.39 Å². The second-order valence-electron chi connectivity index (χ2n) is 4.80. The van der Waals surface area contributed by atoms with Gasteiger partial charge in [0.1, 0.15) is 11.9 Å². The zero-order valence-corrected chi connectivity index (χ0v) is 11.1. The Morgan fingerprint density at radius 1 is 1.17 bits per heavy atom. The molecule has 1 aliphatic carbocycles. The largest absolute Gasteiger partial charge is 0.384 e. The van der Waals surface area contributed by atoms with Crippen molar-refractivity contribution in [1.29, 1.82) is 0 Å². The topological polar surface area (TPSA) is 20.2 Å². The summed E-state index contributed by atoms with van der Waals surface area (Å²) in [5.74, 6) is -0.394. The minimum Gasteiger partial charge on any atom is -0.384 e. The molecule has 0 radical (unpaired) electrons. The van der Waals surface area contributed by atoms with E-state index in [1.54, 1.807) is 0 Å². The summed E-state index contributed by atoms with van der Waals surface area (Å²) in [6.45, 7) is 0. The highest BCUT2D eigenvalue weighted by Crippen LogP contribution is 2.31. The van der Waals surface area contributed by atoms with Crippen LogP contribution in [0.1, 0.15) is 50.2 Å². The number of aliphatic hydroxyl groups excluding tert-OH is 1. The molecule has 0 aromatic heterocycles. The Labute approximate surface area is 112 Å². The highest BCUT2D eigenvalue weighted by molar-refractivity contribution is 6.30. The number of hydrogen-bond acceptors (Lipinski definition) is 1. The van der Waals surface area contributed by atoms with E-state index in [0.717, 1.165) is 31.3 Å². The molecule has 98 valence electrons. The number of rotatable bonds is 2. The Balaban J connectivity index is 2.23. The van der Waals surface area contributed by atoms with E-state index >= 15 is 0 Å². The fourth-order valence-electron chi connectivity index (χ4n) is 2.39. The summed E-state index contributed by atoms with van der Waals surface area (Å²) in [5, 5.41) is 10.8. The molecule has 0 bridgehead atoms. The summed E-state index contributed by atoms with van der Waals surface area (Å²) in [5.41, 5.74) is 1.21. The van der Waals surface area contributed by atoms with Crippen molar-refractivity contribution in [3.63, 3.8) is 0 Å². The van der Waals surface area contributed by atoms with Gasteiger partial charge >= 0.3 is 0 Å². The van der Waals surface area contributed by atoms with Crippen LogP contribution in [-0.2, 0) is 0 Å². The lowest BCUT2D eigenvalue weighted by atomic mass is 9.92. The van der Waals surface area contributed by atoms with E-state index in [9.17, 15) is 9.50 Å². The first kappa shape index (κ1) is 13.6. The van der Waals surface area contributed by atoms with Crippen LogP contribution < -0.4 is 0 Å². The minimum absolute atomic E-state index is 0.286. The van der Waals surface area contributed by atoms with Gasteiger partial charge in [-0.3, -0.25) is 0 Å². The third kappa shape index (κ3) is 3.33. The van der Waals surface area contributed by atoms with Crippen molar-refractivity contribution in [2.45, 2.75) is 44.6 Å². The summed E-state index contributed by atoms with van der Waals surface area (Å²) in [6, 6.07) is 4.32. The maximum Gasteiger partial charge on any atom is 0.129 e. The van der Waals surface area contributed by atoms with Crippen molar-refractivity contribution in [3.05, 3.63) is 46.3 Å². The smallest absolute Gasteiger partial charge is 0.129 e. The Morgan fingerprint density at radius 3 is 2.78 bits per heavy atom. The van der Waals surface area contributed by atoms with Gasteiger partial charge in [0.15, 0.2) is 0 Å². The molecule has 1 nitrogen and oxygen atoms in total. The fourth-order valence-corrected chi connectivity index (χ4v) is 2.57. The van der Waals surface area contributed by atoms with Gasteiger partial charge in [0.2, 0.25) is 0 Å². The Morgan fingerprint density at radius 2 is 1.94 bits per heavy atom. The standard InChI is InChI=1S/C15H18ClFO/c16-12-8-9-14(17)13(10-12)15(18)11-6-4-2-1-3-5-7-11/h6,8-10,15,18H,1-5,7H2/b11-6+. The van der Waals surface area contributed by atoms with Crippen LogP contribution in [0.25, 0.3) is 0 Å². The second kappa shape index (κ2) is 6.35. The molecule has 0 saturated carbocycles. The zero-order valence-electron chi connectivity index (χ0n) is 10.3. The average molecular weight is 269 g/mol. The molecule has 2 rings (SSSR count). The summed E-state index contributed by atoms with van der Waals surface area (Å²) in [6.07, 6.45) is 7.64. The predicted octanol–water partition coefficient (Wildman–Crippen LogP) is 4.79. The summed E-state index contributed by atoms with van der Waals surface area (Å²) < 4.78 is 13.7. The van der Waals surface area contributed by atoms with Crippen LogP contribution in [0.5, 0.6) is 0 Å². The molecule has 1 atom stereocenters. The van der Waals surface area contributed by atoms with E-state index < -0.39 is 11.9 Å². The predicted molar refractivity (Wildman–Crippen MR) is 72.2 cm³/mol. The average Bonchev–Trinajstić information content (AvgIpc) is 2.31. The van der Waals surface area contributed by atoms with E-state index in [1.807, 2.05) is 0 Å². The van der Waals surface area contributed by atoms with Crippen molar-refractivity contribution in [1.82, 2.24) is 0 Å². The molecule has 3 heteroatoms. The SMILES string of the molecule is OC(/C1=C/CCCCCC1)c1cc(Cl)ccc1F. The highest BCUT2D eigenvalue weighted by atomic mass is 35.5. The molecule has 0 amide bonds. The number of benzene rings is 1. The van der Waals surface area contributed by atoms with E-state index in [-0.39, 0.29) is 5.56 Å². The van der Waals surface area contributed by atoms with E-state index in [1.165, 1.54) is 31.0 Å². The van der Waals surface area contributed by atoms with Crippen LogP contribution in [0.2, 0.25) is 5.02 Å². The van der Waals surface area contributed by atoms with Crippen LogP contribution in [0.3, 0.4) is 0 Å². The Bertz CT molecular complexity index is 442. The quantitative estimate of drug-likeness (QED) is 0.765. The minimum atomic E-state index is -0.859. The van der Waals surface area contributed by atoms with Crippen LogP contribution in [0.4, 0.5) is 4.39 Å². The van der Waals surface area contributed by atoms with E-state index in [2.05, 4.69) is 6.08 Å². The third-order valence-electron chi connectivity index (χ3n) is 3.43. The molecule has 0 spiro atoms. The van der Waals surface area contributed by atoms with Crippen LogP contribution in [0, 0.1) is 5.82 Å². The lowest BCUT2D eigenvalue weighted by Gasteiger charge is -2.18.